The Morgan fingerprint density at radius 1 is 1.14 bits per heavy atom. The van der Waals surface area contributed by atoms with Crippen LogP contribution < -0.4 is 14.8 Å². The van der Waals surface area contributed by atoms with E-state index in [0.29, 0.717) is 5.92 Å². The van der Waals surface area contributed by atoms with Gasteiger partial charge in [0, 0.05) is 18.2 Å². The molecule has 2 aromatic rings. The summed E-state index contributed by atoms with van der Waals surface area (Å²) < 4.78 is 31.4. The number of anilines is 1. The van der Waals surface area contributed by atoms with Gasteiger partial charge < -0.3 is 10.1 Å². The average molecular weight is 404 g/mol. The van der Waals surface area contributed by atoms with Crippen LogP contribution in [-0.4, -0.2) is 38.9 Å². The van der Waals surface area contributed by atoms with E-state index in [2.05, 4.69) is 15.0 Å². The van der Waals surface area contributed by atoms with Gasteiger partial charge in [-0.15, -0.1) is 0 Å². The molecule has 0 spiro atoms. The summed E-state index contributed by atoms with van der Waals surface area (Å²) in [5, 5.41) is 3.46. The maximum absolute atomic E-state index is 11.7. The van der Waals surface area contributed by atoms with E-state index >= 15 is 0 Å². The number of pyridine rings is 1. The minimum Gasteiger partial charge on any atom is -0.497 e. The minimum absolute atomic E-state index is 0.0880. The lowest BCUT2D eigenvalue weighted by Gasteiger charge is -2.29. The van der Waals surface area contributed by atoms with Crippen molar-refractivity contribution in [3.63, 3.8) is 0 Å². The smallest absolute Gasteiger partial charge is 0.211 e. The van der Waals surface area contributed by atoms with Crippen molar-refractivity contribution >= 4 is 15.7 Å². The molecule has 0 atom stereocenters. The van der Waals surface area contributed by atoms with Gasteiger partial charge in [0.05, 0.1) is 30.4 Å². The molecule has 0 radical (unpaired) electrons. The maximum atomic E-state index is 11.7. The lowest BCUT2D eigenvalue weighted by Crippen LogP contribution is -2.39. The number of ether oxygens (including phenoxy) is 1. The van der Waals surface area contributed by atoms with Crippen LogP contribution in [0.2, 0.25) is 0 Å². The van der Waals surface area contributed by atoms with Crippen molar-refractivity contribution in [1.82, 2.24) is 9.71 Å². The molecule has 0 amide bonds. The van der Waals surface area contributed by atoms with E-state index in [4.69, 9.17) is 4.74 Å². The monoisotopic (exact) mass is 403 g/mol. The number of rotatable bonds is 8. The normalized spacial score (nSPS) is 19.9. The van der Waals surface area contributed by atoms with E-state index in [1.165, 1.54) is 0 Å². The fourth-order valence-corrected chi connectivity index (χ4v) is 4.45. The Morgan fingerprint density at radius 2 is 1.93 bits per heavy atom. The van der Waals surface area contributed by atoms with Gasteiger partial charge in [-0.05, 0) is 62.8 Å². The molecule has 0 aliphatic heterocycles. The number of nitrogens with zero attached hydrogens (tertiary/aromatic N) is 1. The number of nitrogens with one attached hydrogen (secondary N) is 2. The lowest BCUT2D eigenvalue weighted by atomic mass is 9.86. The number of benzene rings is 1. The van der Waals surface area contributed by atoms with Crippen LogP contribution in [0.1, 0.15) is 32.6 Å². The van der Waals surface area contributed by atoms with Crippen molar-refractivity contribution < 1.29 is 13.2 Å². The molecular formula is C21H29N3O3S. The maximum Gasteiger partial charge on any atom is 0.211 e. The molecule has 1 aromatic carbocycles. The average Bonchev–Trinajstić information content (AvgIpc) is 2.73. The van der Waals surface area contributed by atoms with Crippen molar-refractivity contribution in [2.75, 3.05) is 24.7 Å². The van der Waals surface area contributed by atoms with Crippen molar-refractivity contribution in [2.45, 2.75) is 38.6 Å². The van der Waals surface area contributed by atoms with Crippen molar-refractivity contribution in [3.05, 3.63) is 42.6 Å². The van der Waals surface area contributed by atoms with Crippen LogP contribution in [0.4, 0.5) is 5.69 Å². The van der Waals surface area contributed by atoms with E-state index in [0.717, 1.165) is 54.9 Å². The molecule has 1 aliphatic carbocycles. The van der Waals surface area contributed by atoms with Gasteiger partial charge in [-0.1, -0.05) is 12.1 Å². The molecule has 1 fully saturated rings. The molecule has 3 rings (SSSR count). The van der Waals surface area contributed by atoms with Crippen LogP contribution in [0, 0.1) is 5.92 Å². The third kappa shape index (κ3) is 5.69. The number of hydrogen-bond donors (Lipinski definition) is 2. The highest BCUT2D eigenvalue weighted by Gasteiger charge is 2.23. The van der Waals surface area contributed by atoms with E-state index in [9.17, 15) is 8.42 Å². The zero-order valence-corrected chi connectivity index (χ0v) is 17.3. The second kappa shape index (κ2) is 9.39. The highest BCUT2D eigenvalue weighted by atomic mass is 32.2. The Kier molecular flexibility index (Phi) is 6.91. The standard InChI is InChI=1S/C21H29N3O3S/c1-3-28(25,26)24-18-9-7-16(8-10-18)14-22-19-11-12-21(23-15-19)17-5-4-6-20(13-17)27-2/h4-6,11-13,15-16,18,22,24H,3,7-10,14H2,1-2H3/t16-,18-. The van der Waals surface area contributed by atoms with Gasteiger partial charge in [0.1, 0.15) is 5.75 Å². The molecule has 0 bridgehead atoms. The molecule has 1 saturated carbocycles. The van der Waals surface area contributed by atoms with Crippen LogP contribution >= 0.6 is 0 Å². The summed E-state index contributed by atoms with van der Waals surface area (Å²) in [6.07, 6.45) is 5.71. The first kappa shape index (κ1) is 20.6. The number of sulfonamides is 1. The first-order chi connectivity index (χ1) is 13.5. The molecule has 2 N–H and O–H groups in total. The summed E-state index contributed by atoms with van der Waals surface area (Å²) >= 11 is 0. The van der Waals surface area contributed by atoms with E-state index < -0.39 is 10.0 Å². The van der Waals surface area contributed by atoms with Crippen LogP contribution in [0.15, 0.2) is 42.6 Å². The number of hydrogen-bond acceptors (Lipinski definition) is 5. The predicted octanol–water partition coefficient (Wildman–Crippen LogP) is 3.67. The van der Waals surface area contributed by atoms with Crippen molar-refractivity contribution in [2.24, 2.45) is 5.92 Å². The number of aromatic nitrogens is 1. The molecule has 28 heavy (non-hydrogen) atoms. The molecule has 7 heteroatoms. The first-order valence-corrected chi connectivity index (χ1v) is 11.5. The molecular weight excluding hydrogens is 374 g/mol. The Balaban J connectivity index is 1.48. The largest absolute Gasteiger partial charge is 0.497 e. The second-order valence-electron chi connectivity index (χ2n) is 7.28. The Bertz CT molecular complexity index is 861. The summed E-state index contributed by atoms with van der Waals surface area (Å²) in [6, 6.07) is 12.0. The highest BCUT2D eigenvalue weighted by Crippen LogP contribution is 2.26. The summed E-state index contributed by atoms with van der Waals surface area (Å²) in [7, 11) is -1.45. The molecule has 0 saturated heterocycles. The van der Waals surface area contributed by atoms with Crippen LogP contribution in [0.25, 0.3) is 11.3 Å². The van der Waals surface area contributed by atoms with Gasteiger partial charge >= 0.3 is 0 Å². The Morgan fingerprint density at radius 3 is 2.57 bits per heavy atom. The fourth-order valence-electron chi connectivity index (χ4n) is 3.54. The zero-order chi connectivity index (χ0) is 20.0. The van der Waals surface area contributed by atoms with E-state index in [1.807, 2.05) is 42.6 Å². The molecule has 1 heterocycles. The van der Waals surface area contributed by atoms with Gasteiger partial charge in [0.2, 0.25) is 10.0 Å². The van der Waals surface area contributed by atoms with E-state index in [-0.39, 0.29) is 11.8 Å². The SMILES string of the molecule is CCS(=O)(=O)N[C@H]1CC[C@H](CNc2ccc(-c3cccc(OC)c3)nc2)CC1. The second-order valence-corrected chi connectivity index (χ2v) is 9.33. The lowest BCUT2D eigenvalue weighted by molar-refractivity contribution is 0.324. The number of methoxy groups -OCH3 is 1. The third-order valence-corrected chi connectivity index (χ3v) is 6.75. The summed E-state index contributed by atoms with van der Waals surface area (Å²) in [6.45, 7) is 2.55. The van der Waals surface area contributed by atoms with Gasteiger partial charge in [0.15, 0.2) is 0 Å². The Labute approximate surface area is 167 Å². The van der Waals surface area contributed by atoms with Crippen molar-refractivity contribution in [3.8, 4) is 17.0 Å². The van der Waals surface area contributed by atoms with Crippen molar-refractivity contribution in [1.29, 1.82) is 0 Å². The fraction of sp³-hybridized carbons (Fsp3) is 0.476. The first-order valence-electron chi connectivity index (χ1n) is 9.83. The molecule has 0 unspecified atom stereocenters. The van der Waals surface area contributed by atoms with Gasteiger partial charge in [-0.25, -0.2) is 13.1 Å². The topological polar surface area (TPSA) is 80.3 Å². The molecule has 152 valence electrons. The van der Waals surface area contributed by atoms with Crippen LogP contribution in [0.3, 0.4) is 0 Å². The summed E-state index contributed by atoms with van der Waals surface area (Å²) in [5.41, 5.74) is 2.94. The van der Waals surface area contributed by atoms with Crippen LogP contribution in [0.5, 0.6) is 5.75 Å². The third-order valence-electron chi connectivity index (χ3n) is 5.30. The Hall–Kier alpha value is -2.12. The molecule has 1 aliphatic rings. The molecule has 6 nitrogen and oxygen atoms in total. The predicted molar refractivity (Wildman–Crippen MR) is 113 cm³/mol. The molecule has 1 aromatic heterocycles. The van der Waals surface area contributed by atoms with Gasteiger partial charge in [-0.2, -0.15) is 0 Å². The summed E-state index contributed by atoms with van der Waals surface area (Å²) in [4.78, 5) is 4.56. The van der Waals surface area contributed by atoms with Crippen LogP contribution in [-0.2, 0) is 10.0 Å². The minimum atomic E-state index is -3.11. The van der Waals surface area contributed by atoms with Gasteiger partial charge in [-0.3, -0.25) is 4.98 Å². The van der Waals surface area contributed by atoms with Gasteiger partial charge in [0.25, 0.3) is 0 Å². The highest BCUT2D eigenvalue weighted by molar-refractivity contribution is 7.89. The zero-order valence-electron chi connectivity index (χ0n) is 16.5. The quantitative estimate of drug-likeness (QED) is 0.703. The summed E-state index contributed by atoms with van der Waals surface area (Å²) in [5.74, 6) is 1.52. The van der Waals surface area contributed by atoms with E-state index in [1.54, 1.807) is 14.0 Å².